The number of nitrogens with one attached hydrogen (secondary N) is 1. The summed E-state index contributed by atoms with van der Waals surface area (Å²) in [6.45, 7) is 5.65. The van der Waals surface area contributed by atoms with E-state index in [1.54, 1.807) is 20.0 Å². The van der Waals surface area contributed by atoms with Gasteiger partial charge in [-0.1, -0.05) is 6.92 Å². The molecule has 0 aromatic carbocycles. The second-order valence-corrected chi connectivity index (χ2v) is 3.82. The van der Waals surface area contributed by atoms with Gasteiger partial charge in [0, 0.05) is 0 Å². The fourth-order valence-corrected chi connectivity index (χ4v) is 1.00. The van der Waals surface area contributed by atoms with Gasteiger partial charge in [-0.05, 0) is 20.3 Å². The molecule has 5 heteroatoms. The van der Waals surface area contributed by atoms with Crippen LogP contribution in [-0.4, -0.2) is 16.4 Å². The highest BCUT2D eigenvalue weighted by molar-refractivity contribution is 5.85. The van der Waals surface area contributed by atoms with E-state index in [9.17, 15) is 4.79 Å². The molecule has 1 atom stereocenters. The molecule has 1 aromatic rings. The van der Waals surface area contributed by atoms with Crippen molar-refractivity contribution in [3.8, 4) is 0 Å². The summed E-state index contributed by atoms with van der Waals surface area (Å²) in [7, 11) is 0. The van der Waals surface area contributed by atoms with E-state index in [2.05, 4.69) is 10.3 Å². The lowest BCUT2D eigenvalue weighted by molar-refractivity contribution is -0.126. The van der Waals surface area contributed by atoms with Crippen molar-refractivity contribution in [1.82, 2.24) is 10.3 Å². The number of hydrogen-bond acceptors (Lipinski definition) is 4. The zero-order valence-electron chi connectivity index (χ0n) is 9.33. The lowest BCUT2D eigenvalue weighted by Crippen LogP contribution is -2.50. The third-order valence-electron chi connectivity index (χ3n) is 2.32. The molecule has 0 aliphatic carbocycles. The maximum absolute atomic E-state index is 11.6. The molecule has 0 spiro atoms. The first-order valence-corrected chi connectivity index (χ1v) is 4.94. The topological polar surface area (TPSA) is 81.2 Å². The first-order chi connectivity index (χ1) is 6.95. The van der Waals surface area contributed by atoms with Crippen LogP contribution in [0.2, 0.25) is 0 Å². The van der Waals surface area contributed by atoms with Crippen molar-refractivity contribution in [2.75, 3.05) is 0 Å². The van der Waals surface area contributed by atoms with Crippen LogP contribution in [0.4, 0.5) is 0 Å². The highest BCUT2D eigenvalue weighted by atomic mass is 16.4. The van der Waals surface area contributed by atoms with Gasteiger partial charge in [0.25, 0.3) is 0 Å². The minimum atomic E-state index is -0.832. The molecule has 0 fully saturated rings. The number of carbonyl (C=O) groups is 1. The van der Waals surface area contributed by atoms with Gasteiger partial charge in [0.2, 0.25) is 11.8 Å². The van der Waals surface area contributed by atoms with Crippen molar-refractivity contribution in [2.24, 2.45) is 5.73 Å². The molecule has 1 rings (SSSR count). The first-order valence-electron chi connectivity index (χ1n) is 4.94. The molecule has 0 saturated carbocycles. The Labute approximate surface area is 89.1 Å². The third kappa shape index (κ3) is 3.06. The van der Waals surface area contributed by atoms with E-state index >= 15 is 0 Å². The Bertz CT molecular complexity index is 344. The van der Waals surface area contributed by atoms with Gasteiger partial charge in [-0.2, -0.15) is 0 Å². The zero-order chi connectivity index (χ0) is 11.5. The lowest BCUT2D eigenvalue weighted by Gasteiger charge is -2.20. The number of hydrogen-bond donors (Lipinski definition) is 2. The lowest BCUT2D eigenvalue weighted by atomic mass is 10.00. The molecule has 0 aliphatic heterocycles. The molecule has 0 aliphatic rings. The van der Waals surface area contributed by atoms with E-state index in [0.717, 1.165) is 5.76 Å². The molecule has 1 amide bonds. The predicted octanol–water partition coefficient (Wildman–Crippen LogP) is 0.727. The van der Waals surface area contributed by atoms with Crippen molar-refractivity contribution in [1.29, 1.82) is 0 Å². The molecule has 5 nitrogen and oxygen atoms in total. The van der Waals surface area contributed by atoms with Gasteiger partial charge < -0.3 is 15.5 Å². The van der Waals surface area contributed by atoms with Crippen molar-refractivity contribution in [2.45, 2.75) is 39.3 Å². The van der Waals surface area contributed by atoms with E-state index in [1.165, 1.54) is 0 Å². The number of aryl methyl sites for hydroxylation is 1. The van der Waals surface area contributed by atoms with Crippen molar-refractivity contribution in [3.63, 3.8) is 0 Å². The molecule has 84 valence electrons. The summed E-state index contributed by atoms with van der Waals surface area (Å²) in [4.78, 5) is 15.5. The van der Waals surface area contributed by atoms with Crippen LogP contribution in [0.5, 0.6) is 0 Å². The van der Waals surface area contributed by atoms with Crippen molar-refractivity contribution in [3.05, 3.63) is 17.8 Å². The number of rotatable bonds is 4. The molecule has 0 saturated heterocycles. The Morgan fingerprint density at radius 1 is 1.73 bits per heavy atom. The van der Waals surface area contributed by atoms with Gasteiger partial charge in [-0.25, -0.2) is 4.98 Å². The van der Waals surface area contributed by atoms with Crippen LogP contribution in [0.15, 0.2) is 10.6 Å². The molecule has 15 heavy (non-hydrogen) atoms. The maximum atomic E-state index is 11.6. The summed E-state index contributed by atoms with van der Waals surface area (Å²) in [5.41, 5.74) is 4.93. The predicted molar refractivity (Wildman–Crippen MR) is 56.0 cm³/mol. The van der Waals surface area contributed by atoms with Crippen LogP contribution in [0.3, 0.4) is 0 Å². The number of nitrogens with zero attached hydrogens (tertiary/aromatic N) is 1. The summed E-state index contributed by atoms with van der Waals surface area (Å²) < 4.78 is 5.21. The summed E-state index contributed by atoms with van der Waals surface area (Å²) in [5, 5.41) is 2.68. The van der Waals surface area contributed by atoms with E-state index in [4.69, 9.17) is 10.2 Å². The molecule has 1 unspecified atom stereocenters. The second-order valence-electron chi connectivity index (χ2n) is 3.82. The smallest absolute Gasteiger partial charge is 0.240 e. The number of nitrogens with two attached hydrogens (primary N) is 1. The molecule has 3 N–H and O–H groups in total. The van der Waals surface area contributed by atoms with E-state index < -0.39 is 5.54 Å². The Kier molecular flexibility index (Phi) is 3.47. The average molecular weight is 211 g/mol. The molecule has 1 heterocycles. The largest absolute Gasteiger partial charge is 0.444 e. The van der Waals surface area contributed by atoms with E-state index in [-0.39, 0.29) is 12.5 Å². The van der Waals surface area contributed by atoms with Crippen LogP contribution in [0.1, 0.15) is 31.9 Å². The van der Waals surface area contributed by atoms with E-state index in [0.29, 0.717) is 12.3 Å². The SMILES string of the molecule is CCC(C)(N)C(=O)NCc1ncc(C)o1. The van der Waals surface area contributed by atoms with Gasteiger partial charge >= 0.3 is 0 Å². The highest BCUT2D eigenvalue weighted by Crippen LogP contribution is 2.05. The number of carbonyl (C=O) groups excluding carboxylic acids is 1. The van der Waals surface area contributed by atoms with Crippen molar-refractivity contribution < 1.29 is 9.21 Å². The molecule has 1 aromatic heterocycles. The summed E-state index contributed by atoms with van der Waals surface area (Å²) in [5.74, 6) is 1.03. The molecule has 0 bridgehead atoms. The average Bonchev–Trinajstić information content (AvgIpc) is 2.60. The summed E-state index contributed by atoms with van der Waals surface area (Å²) in [6, 6.07) is 0. The Morgan fingerprint density at radius 3 is 2.87 bits per heavy atom. The minimum Gasteiger partial charge on any atom is -0.444 e. The van der Waals surface area contributed by atoms with Gasteiger partial charge in [0.15, 0.2) is 0 Å². The Balaban J connectivity index is 2.47. The molecule has 0 radical (unpaired) electrons. The molecular weight excluding hydrogens is 194 g/mol. The van der Waals surface area contributed by atoms with Crippen LogP contribution in [-0.2, 0) is 11.3 Å². The summed E-state index contributed by atoms with van der Waals surface area (Å²) in [6.07, 6.45) is 2.20. The van der Waals surface area contributed by atoms with Gasteiger partial charge in [0.05, 0.1) is 18.3 Å². The van der Waals surface area contributed by atoms with Gasteiger partial charge in [-0.3, -0.25) is 4.79 Å². The quantitative estimate of drug-likeness (QED) is 0.769. The van der Waals surface area contributed by atoms with Gasteiger partial charge in [-0.15, -0.1) is 0 Å². The molecular formula is C10H17N3O2. The monoisotopic (exact) mass is 211 g/mol. The number of amides is 1. The minimum absolute atomic E-state index is 0.194. The number of aromatic nitrogens is 1. The standard InChI is InChI=1S/C10H17N3O2/c1-4-10(3,11)9(14)13-6-8-12-5-7(2)15-8/h5H,4,6,11H2,1-3H3,(H,13,14). The number of oxazole rings is 1. The Morgan fingerprint density at radius 2 is 2.40 bits per heavy atom. The first kappa shape index (κ1) is 11.7. The van der Waals surface area contributed by atoms with E-state index in [1.807, 2.05) is 6.92 Å². The zero-order valence-corrected chi connectivity index (χ0v) is 9.33. The maximum Gasteiger partial charge on any atom is 0.240 e. The van der Waals surface area contributed by atoms with Crippen molar-refractivity contribution >= 4 is 5.91 Å². The highest BCUT2D eigenvalue weighted by Gasteiger charge is 2.25. The van der Waals surface area contributed by atoms with Crippen LogP contribution in [0.25, 0.3) is 0 Å². The van der Waals surface area contributed by atoms with Crippen LogP contribution >= 0.6 is 0 Å². The second kappa shape index (κ2) is 4.44. The third-order valence-corrected chi connectivity index (χ3v) is 2.32. The van der Waals surface area contributed by atoms with Gasteiger partial charge in [0.1, 0.15) is 5.76 Å². The van der Waals surface area contributed by atoms with Crippen LogP contribution in [0, 0.1) is 6.92 Å². The summed E-state index contributed by atoms with van der Waals surface area (Å²) >= 11 is 0. The normalized spacial score (nSPS) is 14.7. The fraction of sp³-hybridized carbons (Fsp3) is 0.600. The fourth-order valence-electron chi connectivity index (χ4n) is 1.00. The van der Waals surface area contributed by atoms with Crippen LogP contribution < -0.4 is 11.1 Å². The Hall–Kier alpha value is -1.36.